The van der Waals surface area contributed by atoms with Gasteiger partial charge in [0.2, 0.25) is 0 Å². The van der Waals surface area contributed by atoms with E-state index in [-0.39, 0.29) is 0 Å². The molecule has 19 heavy (non-hydrogen) atoms. The molecule has 0 aliphatic heterocycles. The normalized spacial score (nSPS) is 18.6. The van der Waals surface area contributed by atoms with Crippen molar-refractivity contribution in [1.29, 1.82) is 0 Å². The van der Waals surface area contributed by atoms with E-state index < -0.39 is 9.84 Å². The Bertz CT molecular complexity index is 501. The summed E-state index contributed by atoms with van der Waals surface area (Å²) in [5.74, 6) is 0.801. The lowest BCUT2D eigenvalue weighted by molar-refractivity contribution is 0.380. The third-order valence-corrected chi connectivity index (χ3v) is 5.22. The third-order valence-electron chi connectivity index (χ3n) is 4.09. The fourth-order valence-electron chi connectivity index (χ4n) is 2.76. The monoisotopic (exact) mass is 281 g/mol. The van der Waals surface area contributed by atoms with Crippen molar-refractivity contribution in [2.24, 2.45) is 5.92 Å². The molecule has 106 valence electrons. The second-order valence-electron chi connectivity index (χ2n) is 5.63. The van der Waals surface area contributed by atoms with Crippen molar-refractivity contribution >= 4 is 9.84 Å². The highest BCUT2D eigenvalue weighted by atomic mass is 32.2. The highest BCUT2D eigenvalue weighted by molar-refractivity contribution is 7.90. The van der Waals surface area contributed by atoms with Crippen LogP contribution in [0, 0.1) is 5.92 Å². The summed E-state index contributed by atoms with van der Waals surface area (Å²) in [7, 11) is -3.08. The molecule has 0 bridgehead atoms. The van der Waals surface area contributed by atoms with E-state index in [9.17, 15) is 8.42 Å². The molecule has 0 amide bonds. The van der Waals surface area contributed by atoms with Crippen molar-refractivity contribution < 1.29 is 8.42 Å². The molecule has 2 rings (SSSR count). The van der Waals surface area contributed by atoms with Gasteiger partial charge < -0.3 is 5.32 Å². The zero-order valence-electron chi connectivity index (χ0n) is 11.7. The van der Waals surface area contributed by atoms with Gasteiger partial charge in [0.1, 0.15) is 0 Å². The van der Waals surface area contributed by atoms with Crippen molar-refractivity contribution in [1.82, 2.24) is 5.32 Å². The Morgan fingerprint density at radius 3 is 2.32 bits per heavy atom. The van der Waals surface area contributed by atoms with Gasteiger partial charge >= 0.3 is 0 Å². The zero-order chi connectivity index (χ0) is 13.9. The van der Waals surface area contributed by atoms with Crippen LogP contribution in [-0.4, -0.2) is 20.7 Å². The number of benzene rings is 1. The quantitative estimate of drug-likeness (QED) is 0.902. The molecule has 0 heterocycles. The van der Waals surface area contributed by atoms with Gasteiger partial charge in [0.05, 0.1) is 4.90 Å². The zero-order valence-corrected chi connectivity index (χ0v) is 12.5. The fourth-order valence-corrected chi connectivity index (χ4v) is 3.39. The van der Waals surface area contributed by atoms with E-state index in [1.165, 1.54) is 31.9 Å². The lowest BCUT2D eigenvalue weighted by atomic mass is 9.99. The van der Waals surface area contributed by atoms with E-state index >= 15 is 0 Å². The number of nitrogens with one attached hydrogen (secondary N) is 1. The summed E-state index contributed by atoms with van der Waals surface area (Å²) in [4.78, 5) is 0.389. The number of sulfone groups is 1. The number of rotatable bonds is 5. The maximum Gasteiger partial charge on any atom is 0.175 e. The SMILES string of the molecule is CC(NCc1ccc(S(C)(=O)=O)cc1)C1CCCC1. The summed E-state index contributed by atoms with van der Waals surface area (Å²) in [6.45, 7) is 3.06. The Morgan fingerprint density at radius 1 is 1.21 bits per heavy atom. The molecule has 0 radical (unpaired) electrons. The van der Waals surface area contributed by atoms with Crippen LogP contribution in [-0.2, 0) is 16.4 Å². The molecule has 1 N–H and O–H groups in total. The standard InChI is InChI=1S/C15H23NO2S/c1-12(14-5-3-4-6-14)16-11-13-7-9-15(10-8-13)19(2,17)18/h7-10,12,14,16H,3-6,11H2,1-2H3. The molecule has 3 nitrogen and oxygen atoms in total. The molecule has 4 heteroatoms. The summed E-state index contributed by atoms with van der Waals surface area (Å²) in [6, 6.07) is 7.70. The molecule has 1 fully saturated rings. The summed E-state index contributed by atoms with van der Waals surface area (Å²) in [5.41, 5.74) is 1.14. The minimum absolute atomic E-state index is 0.389. The van der Waals surface area contributed by atoms with Crippen LogP contribution in [0.5, 0.6) is 0 Å². The lowest BCUT2D eigenvalue weighted by Crippen LogP contribution is -2.31. The molecular weight excluding hydrogens is 258 g/mol. The van der Waals surface area contributed by atoms with Crippen molar-refractivity contribution in [3.8, 4) is 0 Å². The Labute approximate surface area is 116 Å². The second kappa shape index (κ2) is 6.06. The third kappa shape index (κ3) is 4.05. The van der Waals surface area contributed by atoms with Crippen molar-refractivity contribution in [2.75, 3.05) is 6.26 Å². The molecule has 1 saturated carbocycles. The molecule has 1 unspecified atom stereocenters. The fraction of sp³-hybridized carbons (Fsp3) is 0.600. The van der Waals surface area contributed by atoms with E-state index in [2.05, 4.69) is 12.2 Å². The van der Waals surface area contributed by atoms with Gasteiger partial charge in [-0.2, -0.15) is 0 Å². The van der Waals surface area contributed by atoms with Gasteiger partial charge in [0.25, 0.3) is 0 Å². The van der Waals surface area contributed by atoms with E-state index in [0.29, 0.717) is 10.9 Å². The van der Waals surface area contributed by atoms with Crippen LogP contribution in [0.1, 0.15) is 38.2 Å². The Kier molecular flexibility index (Phi) is 4.63. The van der Waals surface area contributed by atoms with Crippen LogP contribution >= 0.6 is 0 Å². The molecule has 0 saturated heterocycles. The average molecular weight is 281 g/mol. The first kappa shape index (κ1) is 14.5. The second-order valence-corrected chi connectivity index (χ2v) is 7.65. The highest BCUT2D eigenvalue weighted by Crippen LogP contribution is 2.27. The van der Waals surface area contributed by atoms with Gasteiger partial charge in [-0.15, -0.1) is 0 Å². The Morgan fingerprint density at radius 2 is 1.79 bits per heavy atom. The first-order valence-electron chi connectivity index (χ1n) is 6.99. The lowest BCUT2D eigenvalue weighted by Gasteiger charge is -2.20. The van der Waals surface area contributed by atoms with Crippen LogP contribution in [0.15, 0.2) is 29.2 Å². The van der Waals surface area contributed by atoms with Gasteiger partial charge in [-0.05, 0) is 43.4 Å². The minimum Gasteiger partial charge on any atom is -0.310 e. The molecule has 1 aromatic carbocycles. The first-order chi connectivity index (χ1) is 8.97. The topological polar surface area (TPSA) is 46.2 Å². The number of hydrogen-bond acceptors (Lipinski definition) is 3. The van der Waals surface area contributed by atoms with Gasteiger partial charge in [-0.3, -0.25) is 0 Å². The Balaban J connectivity index is 1.89. The van der Waals surface area contributed by atoms with Crippen molar-refractivity contribution in [2.45, 2.75) is 50.1 Å². The van der Waals surface area contributed by atoms with Crippen molar-refractivity contribution in [3.63, 3.8) is 0 Å². The molecule has 0 aromatic heterocycles. The van der Waals surface area contributed by atoms with Gasteiger partial charge in [0.15, 0.2) is 9.84 Å². The van der Waals surface area contributed by atoms with Crippen LogP contribution < -0.4 is 5.32 Å². The van der Waals surface area contributed by atoms with E-state index in [1.807, 2.05) is 12.1 Å². The first-order valence-corrected chi connectivity index (χ1v) is 8.88. The van der Waals surface area contributed by atoms with Crippen LogP contribution in [0.4, 0.5) is 0 Å². The summed E-state index contributed by atoms with van der Waals surface area (Å²) >= 11 is 0. The summed E-state index contributed by atoms with van der Waals surface area (Å²) in [6.07, 6.45) is 6.63. The minimum atomic E-state index is -3.08. The van der Waals surface area contributed by atoms with Gasteiger partial charge in [0, 0.05) is 18.8 Å². The maximum absolute atomic E-state index is 11.4. The van der Waals surface area contributed by atoms with Crippen LogP contribution in [0.3, 0.4) is 0 Å². The molecule has 1 aliphatic carbocycles. The highest BCUT2D eigenvalue weighted by Gasteiger charge is 2.20. The largest absolute Gasteiger partial charge is 0.310 e. The molecule has 1 atom stereocenters. The van der Waals surface area contributed by atoms with Gasteiger partial charge in [-0.25, -0.2) is 8.42 Å². The molecule has 1 aliphatic rings. The van der Waals surface area contributed by atoms with Gasteiger partial charge in [-0.1, -0.05) is 25.0 Å². The van der Waals surface area contributed by atoms with E-state index in [0.717, 1.165) is 18.0 Å². The van der Waals surface area contributed by atoms with E-state index in [4.69, 9.17) is 0 Å². The van der Waals surface area contributed by atoms with Crippen LogP contribution in [0.25, 0.3) is 0 Å². The average Bonchev–Trinajstić information content (AvgIpc) is 2.89. The maximum atomic E-state index is 11.4. The predicted molar refractivity (Wildman–Crippen MR) is 77.8 cm³/mol. The van der Waals surface area contributed by atoms with E-state index in [1.54, 1.807) is 12.1 Å². The smallest absolute Gasteiger partial charge is 0.175 e. The Hall–Kier alpha value is -0.870. The summed E-state index contributed by atoms with van der Waals surface area (Å²) < 4.78 is 22.7. The molecule has 0 spiro atoms. The van der Waals surface area contributed by atoms with Crippen molar-refractivity contribution in [3.05, 3.63) is 29.8 Å². The predicted octanol–water partition coefficient (Wildman–Crippen LogP) is 2.76. The molecule has 1 aromatic rings. The summed E-state index contributed by atoms with van der Waals surface area (Å²) in [5, 5.41) is 3.55. The molecular formula is C15H23NO2S. The van der Waals surface area contributed by atoms with Crippen LogP contribution in [0.2, 0.25) is 0 Å². The number of hydrogen-bond donors (Lipinski definition) is 1.